The molecule has 2 aromatic carbocycles. The van der Waals surface area contributed by atoms with Crippen molar-refractivity contribution in [1.29, 1.82) is 0 Å². The van der Waals surface area contributed by atoms with Gasteiger partial charge in [0, 0.05) is 5.56 Å². The molecule has 5 aromatic rings. The van der Waals surface area contributed by atoms with E-state index in [0.29, 0.717) is 22.2 Å². The molecule has 5 rings (SSSR count). The molecular formula is C23H17F3N4O2S. The molecule has 0 aliphatic heterocycles. The number of halogens is 3. The van der Waals surface area contributed by atoms with Crippen LogP contribution in [0.15, 0.2) is 48.5 Å². The maximum atomic E-state index is 14.2. The fourth-order valence-electron chi connectivity index (χ4n) is 3.75. The summed E-state index contributed by atoms with van der Waals surface area (Å²) in [5.41, 5.74) is 0.666. The first kappa shape index (κ1) is 21.2. The van der Waals surface area contributed by atoms with E-state index in [9.17, 15) is 13.2 Å². The highest BCUT2D eigenvalue weighted by molar-refractivity contribution is 7.20. The van der Waals surface area contributed by atoms with Crippen molar-refractivity contribution in [2.24, 2.45) is 0 Å². The van der Waals surface area contributed by atoms with Gasteiger partial charge in [0.1, 0.15) is 11.5 Å². The van der Waals surface area contributed by atoms with Crippen molar-refractivity contribution in [2.45, 2.75) is 13.1 Å². The number of pyridine rings is 1. The molecule has 10 heteroatoms. The van der Waals surface area contributed by atoms with Crippen LogP contribution in [0.5, 0.6) is 11.5 Å². The lowest BCUT2D eigenvalue weighted by atomic mass is 10.0. The van der Waals surface area contributed by atoms with E-state index in [1.165, 1.54) is 37.2 Å². The van der Waals surface area contributed by atoms with Crippen LogP contribution in [0.1, 0.15) is 11.3 Å². The van der Waals surface area contributed by atoms with Crippen molar-refractivity contribution in [2.75, 3.05) is 14.2 Å². The molecule has 6 nitrogen and oxygen atoms in total. The predicted molar refractivity (Wildman–Crippen MR) is 120 cm³/mol. The lowest BCUT2D eigenvalue weighted by molar-refractivity contribution is -0.136. The van der Waals surface area contributed by atoms with E-state index in [0.717, 1.165) is 16.3 Å². The number of rotatable bonds is 4. The normalized spacial score (nSPS) is 11.9. The first-order chi connectivity index (χ1) is 15.8. The molecule has 0 N–H and O–H groups in total. The Balaban J connectivity index is 1.84. The Bertz CT molecular complexity index is 1470. The third-order valence-electron chi connectivity index (χ3n) is 5.26. The number of ether oxygens (including phenoxy) is 2. The average molecular weight is 470 g/mol. The molecule has 3 aromatic heterocycles. The lowest BCUT2D eigenvalue weighted by Gasteiger charge is -2.14. The van der Waals surface area contributed by atoms with Crippen LogP contribution < -0.4 is 9.47 Å². The number of methoxy groups -OCH3 is 2. The summed E-state index contributed by atoms with van der Waals surface area (Å²) in [4.78, 5) is 9.16. The fraction of sp³-hybridized carbons (Fsp3) is 0.174. The Hall–Kier alpha value is -3.66. The number of nitrogens with zero attached hydrogens (tertiary/aromatic N) is 4. The summed E-state index contributed by atoms with van der Waals surface area (Å²) in [6, 6.07) is 13.4. The summed E-state index contributed by atoms with van der Waals surface area (Å²) in [7, 11) is 2.93. The molecule has 0 aliphatic carbocycles. The van der Waals surface area contributed by atoms with Gasteiger partial charge >= 0.3 is 6.18 Å². The number of aryl methyl sites for hydroxylation is 1. The molecule has 0 amide bonds. The first-order valence-corrected chi connectivity index (χ1v) is 10.7. The smallest absolute Gasteiger partial charge is 0.417 e. The lowest BCUT2D eigenvalue weighted by Crippen LogP contribution is -2.08. The molecular weight excluding hydrogens is 453 g/mol. The second-order valence-corrected chi connectivity index (χ2v) is 8.29. The van der Waals surface area contributed by atoms with Gasteiger partial charge in [0.2, 0.25) is 5.13 Å². The van der Waals surface area contributed by atoms with Crippen molar-refractivity contribution in [3.05, 3.63) is 59.8 Å². The monoisotopic (exact) mass is 470 g/mol. The van der Waals surface area contributed by atoms with E-state index < -0.39 is 11.7 Å². The summed E-state index contributed by atoms with van der Waals surface area (Å²) in [6.07, 6.45) is -4.62. The van der Waals surface area contributed by atoms with Crippen LogP contribution >= 0.6 is 11.3 Å². The maximum absolute atomic E-state index is 14.2. The molecule has 0 unspecified atom stereocenters. The quantitative estimate of drug-likeness (QED) is 0.320. The fourth-order valence-corrected chi connectivity index (χ4v) is 4.67. The van der Waals surface area contributed by atoms with Crippen LogP contribution in [-0.4, -0.2) is 34.0 Å². The topological polar surface area (TPSA) is 62.1 Å². The Kier molecular flexibility index (Phi) is 4.97. The van der Waals surface area contributed by atoms with E-state index in [-0.39, 0.29) is 22.4 Å². The third-order valence-corrected chi connectivity index (χ3v) is 6.28. The molecule has 0 spiro atoms. The standard InChI is InChI=1S/C23H17F3N4O2S/c1-12-20-15(23(24,25)26)11-17(14-10-13(31-2)8-9-18(14)32-3)27-21(20)30(29-12)22-28-16-6-4-5-7-19(16)33-22/h4-11H,1-3H3. The minimum Gasteiger partial charge on any atom is -0.497 e. The van der Waals surface area contributed by atoms with Gasteiger partial charge in [-0.15, -0.1) is 0 Å². The zero-order valence-electron chi connectivity index (χ0n) is 17.8. The summed E-state index contributed by atoms with van der Waals surface area (Å²) in [6.45, 7) is 1.54. The van der Waals surface area contributed by atoms with Crippen molar-refractivity contribution in [3.63, 3.8) is 0 Å². The van der Waals surface area contributed by atoms with Gasteiger partial charge < -0.3 is 9.47 Å². The third kappa shape index (κ3) is 3.56. The number of alkyl halides is 3. The first-order valence-electron chi connectivity index (χ1n) is 9.86. The summed E-state index contributed by atoms with van der Waals surface area (Å²) in [5.74, 6) is 0.843. The number of aromatic nitrogens is 4. The molecule has 0 aliphatic rings. The molecule has 0 atom stereocenters. The largest absolute Gasteiger partial charge is 0.497 e. The number of hydrogen-bond acceptors (Lipinski definition) is 6. The van der Waals surface area contributed by atoms with E-state index in [1.54, 1.807) is 18.2 Å². The van der Waals surface area contributed by atoms with Gasteiger partial charge in [0.05, 0.1) is 46.8 Å². The summed E-state index contributed by atoms with van der Waals surface area (Å²) < 4.78 is 55.4. The van der Waals surface area contributed by atoms with Gasteiger partial charge in [-0.3, -0.25) is 0 Å². The number of thiazole rings is 1. The minimum absolute atomic E-state index is 0.0626. The number of fused-ring (bicyclic) bond motifs is 2. The molecule has 168 valence electrons. The van der Waals surface area contributed by atoms with Crippen LogP contribution in [0.3, 0.4) is 0 Å². The highest BCUT2D eigenvalue weighted by Gasteiger charge is 2.36. The van der Waals surface area contributed by atoms with Crippen LogP contribution in [-0.2, 0) is 6.18 Å². The highest BCUT2D eigenvalue weighted by Crippen LogP contribution is 2.41. The Labute approximate surface area is 190 Å². The Morgan fingerprint density at radius 1 is 0.970 bits per heavy atom. The average Bonchev–Trinajstić information content (AvgIpc) is 3.38. The highest BCUT2D eigenvalue weighted by atomic mass is 32.1. The molecule has 0 saturated heterocycles. The summed E-state index contributed by atoms with van der Waals surface area (Å²) >= 11 is 1.33. The zero-order chi connectivity index (χ0) is 23.3. The molecule has 0 bridgehead atoms. The summed E-state index contributed by atoms with van der Waals surface area (Å²) in [5, 5.41) is 4.76. The molecule has 33 heavy (non-hydrogen) atoms. The van der Waals surface area contributed by atoms with Gasteiger partial charge in [-0.25, -0.2) is 9.97 Å². The van der Waals surface area contributed by atoms with Crippen molar-refractivity contribution in [3.8, 4) is 27.9 Å². The van der Waals surface area contributed by atoms with Crippen molar-refractivity contribution >= 4 is 32.6 Å². The van der Waals surface area contributed by atoms with Crippen LogP contribution in [0, 0.1) is 6.92 Å². The zero-order valence-corrected chi connectivity index (χ0v) is 18.6. The van der Waals surface area contributed by atoms with Crippen LogP contribution in [0.4, 0.5) is 13.2 Å². The molecule has 0 fully saturated rings. The van der Waals surface area contributed by atoms with Gasteiger partial charge in [-0.1, -0.05) is 23.5 Å². The van der Waals surface area contributed by atoms with Gasteiger partial charge in [0.15, 0.2) is 5.65 Å². The van der Waals surface area contributed by atoms with E-state index in [1.807, 2.05) is 24.3 Å². The van der Waals surface area contributed by atoms with E-state index in [2.05, 4.69) is 15.1 Å². The second kappa shape index (κ2) is 7.73. The Morgan fingerprint density at radius 2 is 1.76 bits per heavy atom. The number of benzene rings is 2. The van der Waals surface area contributed by atoms with E-state index in [4.69, 9.17) is 9.47 Å². The SMILES string of the molecule is COc1ccc(OC)c(-c2cc(C(F)(F)F)c3c(C)nn(-c4nc5ccccc5s4)c3n2)c1. The maximum Gasteiger partial charge on any atom is 0.417 e. The van der Waals surface area contributed by atoms with E-state index >= 15 is 0 Å². The van der Waals surface area contributed by atoms with Gasteiger partial charge in [-0.05, 0) is 43.3 Å². The number of para-hydroxylation sites is 1. The number of hydrogen-bond donors (Lipinski definition) is 0. The molecule has 3 heterocycles. The van der Waals surface area contributed by atoms with Gasteiger partial charge in [0.25, 0.3) is 0 Å². The van der Waals surface area contributed by atoms with Crippen molar-refractivity contribution < 1.29 is 22.6 Å². The molecule has 0 saturated carbocycles. The van der Waals surface area contributed by atoms with Gasteiger partial charge in [-0.2, -0.15) is 23.0 Å². The van der Waals surface area contributed by atoms with Crippen LogP contribution in [0.2, 0.25) is 0 Å². The minimum atomic E-state index is -4.62. The van der Waals surface area contributed by atoms with Crippen molar-refractivity contribution in [1.82, 2.24) is 19.7 Å². The Morgan fingerprint density at radius 3 is 2.45 bits per heavy atom. The second-order valence-electron chi connectivity index (χ2n) is 7.28. The predicted octanol–water partition coefficient (Wildman–Crippen LogP) is 6.04. The van der Waals surface area contributed by atoms with Crippen LogP contribution in [0.25, 0.3) is 37.6 Å². The molecule has 0 radical (unpaired) electrons.